The number of aryl methyl sites for hydroxylation is 1. The molecule has 2 aromatic rings. The van der Waals surface area contributed by atoms with Crippen molar-refractivity contribution in [1.82, 2.24) is 9.80 Å². The van der Waals surface area contributed by atoms with E-state index in [2.05, 4.69) is 41.0 Å². The molecule has 0 aromatic heterocycles. The topological polar surface area (TPSA) is 45.3 Å². The number of ether oxygens (including phenoxy) is 2. The van der Waals surface area contributed by atoms with Gasteiger partial charge >= 0.3 is 0 Å². The monoisotopic (exact) mass is 395 g/mol. The molecular weight excluding hydrogens is 366 g/mol. The second kappa shape index (κ2) is 8.84. The highest BCUT2D eigenvalue weighted by Crippen LogP contribution is 2.32. The van der Waals surface area contributed by atoms with Gasteiger partial charge in [-0.3, -0.25) is 14.6 Å². The first kappa shape index (κ1) is 19.7. The van der Waals surface area contributed by atoms with Crippen LogP contribution in [0, 0.1) is 6.92 Å². The molecule has 2 heterocycles. The van der Waals surface area contributed by atoms with Gasteiger partial charge in [0.25, 0.3) is 0 Å². The molecule has 2 aliphatic heterocycles. The van der Waals surface area contributed by atoms with Crippen LogP contribution in [-0.4, -0.2) is 61.8 Å². The molecule has 0 bridgehead atoms. The van der Waals surface area contributed by atoms with E-state index in [1.165, 1.54) is 11.1 Å². The number of hydrogen-bond donors (Lipinski definition) is 0. The Hall–Kier alpha value is -2.57. The summed E-state index contributed by atoms with van der Waals surface area (Å²) in [5.74, 6) is 1.83. The lowest BCUT2D eigenvalue weighted by Crippen LogP contribution is -2.49. The van der Waals surface area contributed by atoms with Crippen molar-refractivity contribution in [2.24, 2.45) is 0 Å². The van der Waals surface area contributed by atoms with Gasteiger partial charge in [0.15, 0.2) is 11.5 Å². The molecule has 4 rings (SSSR count). The minimum atomic E-state index is 0.169. The molecule has 0 saturated carbocycles. The van der Waals surface area contributed by atoms with E-state index in [0.717, 1.165) is 49.9 Å². The number of amides is 1. The summed E-state index contributed by atoms with van der Waals surface area (Å²) in [6.07, 6.45) is 0. The van der Waals surface area contributed by atoms with Gasteiger partial charge in [-0.2, -0.15) is 0 Å². The Kier molecular flexibility index (Phi) is 6.02. The van der Waals surface area contributed by atoms with Crippen molar-refractivity contribution < 1.29 is 14.3 Å². The van der Waals surface area contributed by atoms with Crippen molar-refractivity contribution in [3.05, 3.63) is 53.6 Å². The van der Waals surface area contributed by atoms with Crippen molar-refractivity contribution in [2.45, 2.75) is 20.4 Å². The molecule has 0 atom stereocenters. The van der Waals surface area contributed by atoms with Crippen LogP contribution < -0.4 is 14.4 Å². The summed E-state index contributed by atoms with van der Waals surface area (Å²) >= 11 is 0. The van der Waals surface area contributed by atoms with Gasteiger partial charge in [0.2, 0.25) is 12.7 Å². The van der Waals surface area contributed by atoms with Gasteiger partial charge in [0.1, 0.15) is 0 Å². The number of carbonyl (C=O) groups excluding carboxylic acids is 1. The highest BCUT2D eigenvalue weighted by atomic mass is 16.7. The number of rotatable bonds is 6. The fraction of sp³-hybridized carbons (Fsp3) is 0.435. The SMILES string of the molecule is CCN(C(=O)CN1CCN(Cc2ccc3c(c2)OCO3)CC1)c1cccc(C)c1. The van der Waals surface area contributed by atoms with Crippen LogP contribution in [0.1, 0.15) is 18.1 Å². The Morgan fingerprint density at radius 3 is 2.52 bits per heavy atom. The first-order valence-electron chi connectivity index (χ1n) is 10.3. The summed E-state index contributed by atoms with van der Waals surface area (Å²) in [7, 11) is 0. The van der Waals surface area contributed by atoms with Crippen LogP contribution in [0.25, 0.3) is 0 Å². The van der Waals surface area contributed by atoms with E-state index < -0.39 is 0 Å². The zero-order valence-corrected chi connectivity index (χ0v) is 17.3. The van der Waals surface area contributed by atoms with Crippen molar-refractivity contribution in [3.8, 4) is 11.5 Å². The summed E-state index contributed by atoms with van der Waals surface area (Å²) in [5.41, 5.74) is 3.39. The predicted molar refractivity (Wildman–Crippen MR) is 113 cm³/mol. The van der Waals surface area contributed by atoms with E-state index in [-0.39, 0.29) is 5.91 Å². The third-order valence-corrected chi connectivity index (χ3v) is 5.60. The van der Waals surface area contributed by atoms with Crippen LogP contribution in [-0.2, 0) is 11.3 Å². The minimum Gasteiger partial charge on any atom is -0.454 e. The molecule has 0 spiro atoms. The minimum absolute atomic E-state index is 0.169. The number of anilines is 1. The maximum Gasteiger partial charge on any atom is 0.241 e. The van der Waals surface area contributed by atoms with E-state index in [0.29, 0.717) is 19.9 Å². The largest absolute Gasteiger partial charge is 0.454 e. The Bertz CT molecular complexity index is 862. The number of carbonyl (C=O) groups is 1. The van der Waals surface area contributed by atoms with Gasteiger partial charge in [-0.15, -0.1) is 0 Å². The van der Waals surface area contributed by atoms with E-state index in [1.54, 1.807) is 0 Å². The highest BCUT2D eigenvalue weighted by molar-refractivity contribution is 5.94. The molecule has 29 heavy (non-hydrogen) atoms. The summed E-state index contributed by atoms with van der Waals surface area (Å²) in [6.45, 7) is 10.2. The fourth-order valence-corrected chi connectivity index (χ4v) is 3.98. The second-order valence-electron chi connectivity index (χ2n) is 7.72. The molecule has 1 fully saturated rings. The van der Waals surface area contributed by atoms with Crippen LogP contribution in [0.4, 0.5) is 5.69 Å². The summed E-state index contributed by atoms with van der Waals surface area (Å²) < 4.78 is 10.9. The number of piperazine rings is 1. The van der Waals surface area contributed by atoms with Gasteiger partial charge in [-0.25, -0.2) is 0 Å². The molecule has 0 aliphatic carbocycles. The first-order valence-corrected chi connectivity index (χ1v) is 10.3. The van der Waals surface area contributed by atoms with Crippen LogP contribution in [0.3, 0.4) is 0 Å². The van der Waals surface area contributed by atoms with Crippen LogP contribution in [0.5, 0.6) is 11.5 Å². The van der Waals surface area contributed by atoms with Crippen LogP contribution in [0.2, 0.25) is 0 Å². The number of hydrogen-bond acceptors (Lipinski definition) is 5. The number of likely N-dealkylation sites (N-methyl/N-ethyl adjacent to an activating group) is 1. The summed E-state index contributed by atoms with van der Waals surface area (Å²) in [5, 5.41) is 0. The summed E-state index contributed by atoms with van der Waals surface area (Å²) in [6, 6.07) is 14.3. The molecule has 6 heteroatoms. The highest BCUT2D eigenvalue weighted by Gasteiger charge is 2.22. The molecule has 2 aliphatic rings. The Labute approximate surface area is 172 Å². The number of fused-ring (bicyclic) bond motifs is 1. The van der Waals surface area contributed by atoms with Gasteiger partial charge in [-0.05, 0) is 49.2 Å². The maximum atomic E-state index is 12.9. The third-order valence-electron chi connectivity index (χ3n) is 5.60. The van der Waals surface area contributed by atoms with Gasteiger partial charge < -0.3 is 14.4 Å². The second-order valence-corrected chi connectivity index (χ2v) is 7.72. The molecule has 1 saturated heterocycles. The number of benzene rings is 2. The van der Waals surface area contributed by atoms with E-state index >= 15 is 0 Å². The zero-order valence-electron chi connectivity index (χ0n) is 17.3. The maximum absolute atomic E-state index is 12.9. The van der Waals surface area contributed by atoms with E-state index in [4.69, 9.17) is 9.47 Å². The first-order chi connectivity index (χ1) is 14.1. The molecule has 0 radical (unpaired) electrons. The lowest BCUT2D eigenvalue weighted by molar-refractivity contribution is -0.120. The summed E-state index contributed by atoms with van der Waals surface area (Å²) in [4.78, 5) is 19.4. The average Bonchev–Trinajstić information content (AvgIpc) is 3.18. The lowest BCUT2D eigenvalue weighted by Gasteiger charge is -2.35. The number of nitrogens with zero attached hydrogens (tertiary/aromatic N) is 3. The lowest BCUT2D eigenvalue weighted by atomic mass is 10.1. The Morgan fingerprint density at radius 2 is 1.76 bits per heavy atom. The average molecular weight is 396 g/mol. The normalized spacial score (nSPS) is 16.8. The Balaban J connectivity index is 1.28. The standard InChI is InChI=1S/C23H29N3O3/c1-3-26(20-6-4-5-18(2)13-20)23(27)16-25-11-9-24(10-12-25)15-19-7-8-21-22(14-19)29-17-28-21/h4-8,13-14H,3,9-12,15-17H2,1-2H3. The predicted octanol–water partition coefficient (Wildman–Crippen LogP) is 2.89. The molecular formula is C23H29N3O3. The van der Waals surface area contributed by atoms with Crippen molar-refractivity contribution >= 4 is 11.6 Å². The quantitative estimate of drug-likeness (QED) is 0.753. The molecule has 6 nitrogen and oxygen atoms in total. The van der Waals surface area contributed by atoms with Crippen molar-refractivity contribution in [3.63, 3.8) is 0 Å². The van der Waals surface area contributed by atoms with Crippen LogP contribution >= 0.6 is 0 Å². The fourth-order valence-electron chi connectivity index (χ4n) is 3.98. The molecule has 2 aromatic carbocycles. The zero-order chi connectivity index (χ0) is 20.2. The van der Waals surface area contributed by atoms with E-state index in [9.17, 15) is 4.79 Å². The third kappa shape index (κ3) is 4.71. The van der Waals surface area contributed by atoms with E-state index in [1.807, 2.05) is 30.0 Å². The molecule has 0 N–H and O–H groups in total. The van der Waals surface area contributed by atoms with Crippen molar-refractivity contribution in [2.75, 3.05) is 51.0 Å². The molecule has 1 amide bonds. The van der Waals surface area contributed by atoms with Crippen molar-refractivity contribution in [1.29, 1.82) is 0 Å². The Morgan fingerprint density at radius 1 is 1.00 bits per heavy atom. The van der Waals surface area contributed by atoms with Gasteiger partial charge in [0.05, 0.1) is 6.54 Å². The van der Waals surface area contributed by atoms with Gasteiger partial charge in [-0.1, -0.05) is 18.2 Å². The van der Waals surface area contributed by atoms with Gasteiger partial charge in [0, 0.05) is 45.0 Å². The smallest absolute Gasteiger partial charge is 0.241 e. The molecule has 0 unspecified atom stereocenters. The van der Waals surface area contributed by atoms with Crippen LogP contribution in [0.15, 0.2) is 42.5 Å². The molecule has 154 valence electrons.